The molecule has 2 N–H and O–H groups in total. The summed E-state index contributed by atoms with van der Waals surface area (Å²) < 4.78 is 33.7. The van der Waals surface area contributed by atoms with E-state index in [0.717, 1.165) is 4.52 Å². The molecule has 30 heavy (non-hydrogen) atoms. The average Bonchev–Trinajstić information content (AvgIpc) is 3.08. The number of allylic oxidation sites excluding steroid dienone is 1. The third-order valence-electron chi connectivity index (χ3n) is 5.61. The van der Waals surface area contributed by atoms with Crippen molar-refractivity contribution < 1.29 is 23.1 Å². The minimum atomic E-state index is -2.75. The molecule has 0 bridgehead atoms. The van der Waals surface area contributed by atoms with Crippen LogP contribution in [-0.4, -0.2) is 56.5 Å². The van der Waals surface area contributed by atoms with Crippen LogP contribution in [0.3, 0.4) is 0 Å². The van der Waals surface area contributed by atoms with Crippen molar-refractivity contribution in [3.05, 3.63) is 41.0 Å². The van der Waals surface area contributed by atoms with Crippen molar-refractivity contribution >= 4 is 17.3 Å². The Kier molecular flexibility index (Phi) is 4.64. The number of aryl methyl sites for hydroxylation is 1. The highest BCUT2D eigenvalue weighted by atomic mass is 19.3. The number of morpholine rings is 1. The van der Waals surface area contributed by atoms with Crippen LogP contribution >= 0.6 is 0 Å². The zero-order chi connectivity index (χ0) is 21.8. The molecule has 2 aliphatic rings. The number of hydrogen-bond acceptors (Lipinski definition) is 6. The lowest BCUT2D eigenvalue weighted by molar-refractivity contribution is -0.135. The summed E-state index contributed by atoms with van der Waals surface area (Å²) in [6.45, 7) is 5.94. The molecular weight excluding hydrogens is 396 g/mol. The van der Waals surface area contributed by atoms with Crippen LogP contribution in [0.15, 0.2) is 24.0 Å². The Morgan fingerprint density at radius 3 is 2.77 bits per heavy atom. The molecule has 1 unspecified atom stereocenters. The lowest BCUT2D eigenvalue weighted by Gasteiger charge is -2.46. The van der Waals surface area contributed by atoms with Gasteiger partial charge in [-0.3, -0.25) is 9.59 Å². The van der Waals surface area contributed by atoms with Crippen LogP contribution in [0.5, 0.6) is 0 Å². The molecule has 1 atom stereocenters. The Bertz CT molecular complexity index is 1080. The minimum Gasteiger partial charge on any atom is -0.396 e. The monoisotopic (exact) mass is 419 g/mol. The number of halogens is 2. The average molecular weight is 419 g/mol. The van der Waals surface area contributed by atoms with Gasteiger partial charge in [0.2, 0.25) is 0 Å². The lowest BCUT2D eigenvalue weighted by atomic mass is 9.71. The van der Waals surface area contributed by atoms with Crippen LogP contribution < -0.4 is 5.73 Å². The van der Waals surface area contributed by atoms with Crippen LogP contribution in [0.25, 0.3) is 5.65 Å². The Morgan fingerprint density at radius 2 is 2.10 bits per heavy atom. The van der Waals surface area contributed by atoms with Crippen LogP contribution in [0, 0.1) is 12.3 Å². The molecule has 8 nitrogen and oxygen atoms in total. The predicted octanol–water partition coefficient (Wildman–Crippen LogP) is 2.03. The summed E-state index contributed by atoms with van der Waals surface area (Å²) in [4.78, 5) is 31.4. The Balaban J connectivity index is 1.69. The topological polar surface area (TPSA) is 103 Å². The van der Waals surface area contributed by atoms with Crippen molar-refractivity contribution in [2.24, 2.45) is 11.1 Å². The van der Waals surface area contributed by atoms with Gasteiger partial charge in [0, 0.05) is 17.7 Å². The molecule has 2 aromatic heterocycles. The normalized spacial score (nSPS) is 24.0. The number of aromatic nitrogens is 3. The largest absolute Gasteiger partial charge is 0.396 e. The Morgan fingerprint density at radius 1 is 1.37 bits per heavy atom. The van der Waals surface area contributed by atoms with Crippen molar-refractivity contribution in [2.45, 2.75) is 39.2 Å². The molecule has 0 radical (unpaired) electrons. The van der Waals surface area contributed by atoms with Crippen molar-refractivity contribution in [3.8, 4) is 0 Å². The van der Waals surface area contributed by atoms with Gasteiger partial charge in [0.15, 0.2) is 11.4 Å². The van der Waals surface area contributed by atoms with Crippen molar-refractivity contribution in [1.82, 2.24) is 19.5 Å². The van der Waals surface area contributed by atoms with Gasteiger partial charge in [0.25, 0.3) is 12.3 Å². The summed E-state index contributed by atoms with van der Waals surface area (Å²) in [5.74, 6) is -0.533. The number of alkyl halides is 2. The van der Waals surface area contributed by atoms with E-state index in [1.807, 2.05) is 0 Å². The summed E-state index contributed by atoms with van der Waals surface area (Å²) >= 11 is 0. The minimum absolute atomic E-state index is 0.0880. The van der Waals surface area contributed by atoms with E-state index in [-0.39, 0.29) is 47.4 Å². The van der Waals surface area contributed by atoms with Gasteiger partial charge in [-0.2, -0.15) is 5.10 Å². The number of hydrogen-bond donors (Lipinski definition) is 1. The van der Waals surface area contributed by atoms with E-state index in [1.165, 1.54) is 12.3 Å². The molecule has 0 aromatic carbocycles. The zero-order valence-electron chi connectivity index (χ0n) is 17.0. The number of ether oxygens (including phenoxy) is 1. The number of carbonyl (C=O) groups excluding carboxylic acids is 2. The summed E-state index contributed by atoms with van der Waals surface area (Å²) in [5, 5.41) is 3.96. The highest BCUT2D eigenvalue weighted by Crippen LogP contribution is 2.40. The Hall–Kier alpha value is -2.88. The quantitative estimate of drug-likeness (QED) is 0.799. The molecule has 1 saturated heterocycles. The zero-order valence-corrected chi connectivity index (χ0v) is 17.0. The van der Waals surface area contributed by atoms with Gasteiger partial charge in [0.1, 0.15) is 16.9 Å². The van der Waals surface area contributed by atoms with Gasteiger partial charge in [-0.1, -0.05) is 13.8 Å². The number of Topliss-reactive ketones (excluding diaryl/α,β-unsaturated/α-hetero) is 1. The standard InChI is InChI=1S/C20H23F2N5O3/c1-11-6-14(16(21)22)27-17(25-11)12(8-24-27)18(29)26-4-5-30-20(10-26)7-13(23)15(28)19(2,3)9-20/h6-8,16H,4-5,9-10,23H2,1-3H3. The van der Waals surface area contributed by atoms with E-state index < -0.39 is 17.4 Å². The van der Waals surface area contributed by atoms with E-state index in [4.69, 9.17) is 10.5 Å². The first-order valence-electron chi connectivity index (χ1n) is 9.63. The fourth-order valence-electron chi connectivity index (χ4n) is 4.38. The number of rotatable bonds is 2. The number of carbonyl (C=O) groups is 2. The second-order valence-corrected chi connectivity index (χ2v) is 8.55. The number of ketones is 1. The van der Waals surface area contributed by atoms with E-state index in [9.17, 15) is 18.4 Å². The molecule has 3 heterocycles. The first-order chi connectivity index (χ1) is 14.0. The number of nitrogens with zero attached hydrogens (tertiary/aromatic N) is 4. The summed E-state index contributed by atoms with van der Waals surface area (Å²) in [5.41, 5.74) is 4.74. The van der Waals surface area contributed by atoms with Crippen molar-refractivity contribution in [3.63, 3.8) is 0 Å². The van der Waals surface area contributed by atoms with Gasteiger partial charge in [0.05, 0.1) is 25.0 Å². The van der Waals surface area contributed by atoms with E-state index in [2.05, 4.69) is 10.1 Å². The second-order valence-electron chi connectivity index (χ2n) is 8.55. The fraction of sp³-hybridized carbons (Fsp3) is 0.500. The molecule has 1 aliphatic heterocycles. The van der Waals surface area contributed by atoms with Crippen molar-refractivity contribution in [2.75, 3.05) is 19.7 Å². The van der Waals surface area contributed by atoms with Crippen LogP contribution in [0.4, 0.5) is 8.78 Å². The summed E-state index contributed by atoms with van der Waals surface area (Å²) in [7, 11) is 0. The molecule has 1 aliphatic carbocycles. The maximum absolute atomic E-state index is 13.4. The first kappa shape index (κ1) is 20.4. The van der Waals surface area contributed by atoms with E-state index in [1.54, 1.807) is 31.7 Å². The maximum Gasteiger partial charge on any atom is 0.280 e. The lowest BCUT2D eigenvalue weighted by Crippen LogP contribution is -2.57. The molecule has 1 fully saturated rings. The summed E-state index contributed by atoms with van der Waals surface area (Å²) in [6.07, 6.45) is 0.480. The molecule has 160 valence electrons. The highest BCUT2D eigenvalue weighted by Gasteiger charge is 2.48. The summed E-state index contributed by atoms with van der Waals surface area (Å²) in [6, 6.07) is 1.25. The second kappa shape index (κ2) is 6.83. The predicted molar refractivity (Wildman–Crippen MR) is 103 cm³/mol. The number of nitrogens with two attached hydrogens (primary N) is 1. The molecule has 1 spiro atoms. The van der Waals surface area contributed by atoms with Crippen molar-refractivity contribution in [1.29, 1.82) is 0 Å². The van der Waals surface area contributed by atoms with E-state index in [0.29, 0.717) is 18.7 Å². The smallest absolute Gasteiger partial charge is 0.280 e. The SMILES string of the molecule is Cc1cc(C(F)F)n2ncc(C(=O)N3CCOC4(C=C(N)C(=O)C(C)(C)C4)C3)c2n1. The molecule has 1 amide bonds. The molecular formula is C20H23F2N5O3. The molecule has 2 aromatic rings. The molecule has 0 saturated carbocycles. The number of fused-ring (bicyclic) bond motifs is 1. The maximum atomic E-state index is 13.4. The highest BCUT2D eigenvalue weighted by molar-refractivity contribution is 6.01. The van der Waals surface area contributed by atoms with Gasteiger partial charge in [-0.25, -0.2) is 18.3 Å². The van der Waals surface area contributed by atoms with Crippen LogP contribution in [-0.2, 0) is 9.53 Å². The van der Waals surface area contributed by atoms with Gasteiger partial charge < -0.3 is 15.4 Å². The van der Waals surface area contributed by atoms with Gasteiger partial charge >= 0.3 is 0 Å². The Labute approximate surface area is 171 Å². The molecule has 4 rings (SSSR count). The van der Waals surface area contributed by atoms with Gasteiger partial charge in [-0.15, -0.1) is 0 Å². The fourth-order valence-corrected chi connectivity index (χ4v) is 4.38. The van der Waals surface area contributed by atoms with Crippen LogP contribution in [0.1, 0.15) is 48.4 Å². The van der Waals surface area contributed by atoms with Crippen LogP contribution in [0.2, 0.25) is 0 Å². The van der Waals surface area contributed by atoms with E-state index >= 15 is 0 Å². The van der Waals surface area contributed by atoms with Gasteiger partial charge in [-0.05, 0) is 25.5 Å². The molecule has 10 heteroatoms. The number of amides is 1. The third kappa shape index (κ3) is 3.24. The third-order valence-corrected chi connectivity index (χ3v) is 5.61. The first-order valence-corrected chi connectivity index (χ1v) is 9.63.